The van der Waals surface area contributed by atoms with Crippen LogP contribution in [0.4, 0.5) is 0 Å². The fraction of sp³-hybridized carbons (Fsp3) is 0.786. The van der Waals surface area contributed by atoms with E-state index in [2.05, 4.69) is 19.8 Å². The molecule has 1 aliphatic carbocycles. The van der Waals surface area contributed by atoms with Crippen molar-refractivity contribution in [2.24, 2.45) is 16.7 Å². The van der Waals surface area contributed by atoms with E-state index in [1.54, 1.807) is 6.92 Å². The predicted octanol–water partition coefficient (Wildman–Crippen LogP) is 2.29. The molecular weight excluding hydrogens is 216 g/mol. The van der Waals surface area contributed by atoms with Gasteiger partial charge < -0.3 is 10.2 Å². The maximum absolute atomic E-state index is 11.5. The molecule has 1 fully saturated rings. The molecule has 0 bridgehead atoms. The summed E-state index contributed by atoms with van der Waals surface area (Å²) in [6, 6.07) is 0. The van der Waals surface area contributed by atoms with E-state index in [1.807, 2.05) is 0 Å². The fourth-order valence-electron chi connectivity index (χ4n) is 3.24. The van der Waals surface area contributed by atoms with Crippen LogP contribution in [-0.2, 0) is 4.79 Å². The minimum absolute atomic E-state index is 0.0905. The molecule has 0 aromatic carbocycles. The summed E-state index contributed by atoms with van der Waals surface area (Å²) in [6.45, 7) is 5.80. The number of aliphatic hydroxyl groups is 1. The Morgan fingerprint density at radius 2 is 2.06 bits per heavy atom. The van der Waals surface area contributed by atoms with Crippen LogP contribution < -0.4 is 0 Å². The van der Waals surface area contributed by atoms with E-state index in [1.165, 1.54) is 0 Å². The Kier molecular flexibility index (Phi) is 3.88. The zero-order chi connectivity index (χ0) is 13.3. The van der Waals surface area contributed by atoms with Gasteiger partial charge in [-0.1, -0.05) is 13.8 Å². The average molecular weight is 238 g/mol. The van der Waals surface area contributed by atoms with Crippen LogP contribution in [0.5, 0.6) is 0 Å². The van der Waals surface area contributed by atoms with Gasteiger partial charge in [0.15, 0.2) is 0 Å². The van der Waals surface area contributed by atoms with Crippen molar-refractivity contribution in [3.63, 3.8) is 0 Å². The maximum atomic E-state index is 11.5. The van der Waals surface area contributed by atoms with Crippen LogP contribution in [0.2, 0.25) is 0 Å². The minimum atomic E-state index is -1.08. The second kappa shape index (κ2) is 4.70. The highest BCUT2D eigenvalue weighted by Gasteiger charge is 2.55. The molecule has 3 unspecified atom stereocenters. The van der Waals surface area contributed by atoms with E-state index in [4.69, 9.17) is 6.42 Å². The zero-order valence-corrected chi connectivity index (χ0v) is 10.9. The topological polar surface area (TPSA) is 57.5 Å². The molecule has 0 aromatic rings. The first-order valence-electron chi connectivity index (χ1n) is 6.11. The summed E-state index contributed by atoms with van der Waals surface area (Å²) < 4.78 is 0. The third kappa shape index (κ3) is 2.32. The SMILES string of the molecule is C#CCCC1C(C)(C)CCC(O)C1(C)C(=O)O. The van der Waals surface area contributed by atoms with Crippen LogP contribution in [0.3, 0.4) is 0 Å². The van der Waals surface area contributed by atoms with Gasteiger partial charge in [-0.15, -0.1) is 12.3 Å². The summed E-state index contributed by atoms with van der Waals surface area (Å²) in [5.41, 5.74) is -1.18. The Bertz CT molecular complexity index is 340. The Morgan fingerprint density at radius 1 is 1.47 bits per heavy atom. The van der Waals surface area contributed by atoms with E-state index in [9.17, 15) is 15.0 Å². The molecule has 0 amide bonds. The molecule has 0 radical (unpaired) electrons. The van der Waals surface area contributed by atoms with Crippen LogP contribution in [0.15, 0.2) is 0 Å². The lowest BCUT2D eigenvalue weighted by molar-refractivity contribution is -0.175. The lowest BCUT2D eigenvalue weighted by Gasteiger charge is -2.51. The Labute approximate surface area is 103 Å². The largest absolute Gasteiger partial charge is 0.481 e. The van der Waals surface area contributed by atoms with E-state index in [-0.39, 0.29) is 11.3 Å². The quantitative estimate of drug-likeness (QED) is 0.742. The molecule has 0 spiro atoms. The predicted molar refractivity (Wildman–Crippen MR) is 66.3 cm³/mol. The zero-order valence-electron chi connectivity index (χ0n) is 10.9. The van der Waals surface area contributed by atoms with Gasteiger partial charge in [0.1, 0.15) is 0 Å². The second-order valence-electron chi connectivity index (χ2n) is 5.93. The highest BCUT2D eigenvalue weighted by atomic mass is 16.4. The van der Waals surface area contributed by atoms with Crippen LogP contribution in [-0.4, -0.2) is 22.3 Å². The summed E-state index contributed by atoms with van der Waals surface area (Å²) in [4.78, 5) is 11.5. The van der Waals surface area contributed by atoms with Gasteiger partial charge in [0.2, 0.25) is 0 Å². The van der Waals surface area contributed by atoms with Gasteiger partial charge in [0.05, 0.1) is 11.5 Å². The van der Waals surface area contributed by atoms with Gasteiger partial charge in [-0.25, -0.2) is 0 Å². The lowest BCUT2D eigenvalue weighted by atomic mass is 9.54. The molecule has 2 N–H and O–H groups in total. The summed E-state index contributed by atoms with van der Waals surface area (Å²) in [5, 5.41) is 19.5. The molecule has 96 valence electrons. The molecule has 0 aromatic heterocycles. The van der Waals surface area contributed by atoms with E-state index in [0.717, 1.165) is 6.42 Å². The number of carbonyl (C=O) groups is 1. The van der Waals surface area contributed by atoms with Crippen molar-refractivity contribution < 1.29 is 15.0 Å². The van der Waals surface area contributed by atoms with Gasteiger partial charge in [-0.3, -0.25) is 4.79 Å². The molecule has 17 heavy (non-hydrogen) atoms. The van der Waals surface area contributed by atoms with Gasteiger partial charge in [0.25, 0.3) is 0 Å². The molecule has 0 aliphatic heterocycles. The first-order valence-corrected chi connectivity index (χ1v) is 6.11. The molecule has 0 heterocycles. The molecule has 0 saturated heterocycles. The lowest BCUT2D eigenvalue weighted by Crippen LogP contribution is -2.54. The maximum Gasteiger partial charge on any atom is 0.312 e. The van der Waals surface area contributed by atoms with Crippen molar-refractivity contribution in [2.45, 2.75) is 52.6 Å². The second-order valence-corrected chi connectivity index (χ2v) is 5.93. The third-order valence-electron chi connectivity index (χ3n) is 4.46. The van der Waals surface area contributed by atoms with Crippen molar-refractivity contribution in [1.82, 2.24) is 0 Å². The number of carboxylic acid groups (broad SMARTS) is 1. The molecule has 3 atom stereocenters. The van der Waals surface area contributed by atoms with Crippen molar-refractivity contribution in [3.8, 4) is 12.3 Å². The molecule has 1 aliphatic rings. The third-order valence-corrected chi connectivity index (χ3v) is 4.46. The Hall–Kier alpha value is -1.01. The molecule has 1 saturated carbocycles. The number of hydrogen-bond acceptors (Lipinski definition) is 2. The van der Waals surface area contributed by atoms with Crippen LogP contribution >= 0.6 is 0 Å². The highest BCUT2D eigenvalue weighted by molar-refractivity contribution is 5.75. The summed E-state index contributed by atoms with van der Waals surface area (Å²) in [6.07, 6.45) is 7.09. The smallest absolute Gasteiger partial charge is 0.312 e. The summed E-state index contributed by atoms with van der Waals surface area (Å²) >= 11 is 0. The van der Waals surface area contributed by atoms with Crippen LogP contribution in [0, 0.1) is 29.1 Å². The van der Waals surface area contributed by atoms with Gasteiger partial charge in [-0.2, -0.15) is 0 Å². The first-order chi connectivity index (χ1) is 7.76. The fourth-order valence-corrected chi connectivity index (χ4v) is 3.24. The summed E-state index contributed by atoms with van der Waals surface area (Å²) in [5.74, 6) is 1.56. The molecular formula is C14H22O3. The highest BCUT2D eigenvalue weighted by Crippen LogP contribution is 2.53. The van der Waals surface area contributed by atoms with Gasteiger partial charge in [0, 0.05) is 6.42 Å². The first kappa shape index (κ1) is 14.1. The van der Waals surface area contributed by atoms with Gasteiger partial charge >= 0.3 is 5.97 Å². The normalized spacial score (nSPS) is 36.2. The summed E-state index contributed by atoms with van der Waals surface area (Å²) in [7, 11) is 0. The number of aliphatic carboxylic acids is 1. The number of hydrogen-bond donors (Lipinski definition) is 2. The van der Waals surface area contributed by atoms with E-state index in [0.29, 0.717) is 19.3 Å². The van der Waals surface area contributed by atoms with E-state index < -0.39 is 17.5 Å². The van der Waals surface area contributed by atoms with Crippen molar-refractivity contribution in [3.05, 3.63) is 0 Å². The van der Waals surface area contributed by atoms with Crippen molar-refractivity contribution in [2.75, 3.05) is 0 Å². The molecule has 1 rings (SSSR count). The minimum Gasteiger partial charge on any atom is -0.481 e. The Balaban J connectivity index is 3.10. The number of aliphatic hydroxyl groups excluding tert-OH is 1. The van der Waals surface area contributed by atoms with Crippen LogP contribution in [0.25, 0.3) is 0 Å². The number of carboxylic acids is 1. The molecule has 3 nitrogen and oxygen atoms in total. The van der Waals surface area contributed by atoms with Crippen molar-refractivity contribution >= 4 is 5.97 Å². The van der Waals surface area contributed by atoms with Crippen molar-refractivity contribution in [1.29, 1.82) is 0 Å². The number of rotatable bonds is 3. The number of terminal acetylenes is 1. The molecule has 3 heteroatoms. The standard InChI is InChI=1S/C14H22O3/c1-5-6-7-10-13(2,3)9-8-11(15)14(10,4)12(16)17/h1,10-11,15H,6-9H2,2-4H3,(H,16,17). The van der Waals surface area contributed by atoms with Crippen LogP contribution in [0.1, 0.15) is 46.5 Å². The van der Waals surface area contributed by atoms with Gasteiger partial charge in [-0.05, 0) is 37.5 Å². The monoisotopic (exact) mass is 238 g/mol. The Morgan fingerprint density at radius 3 is 2.53 bits per heavy atom. The van der Waals surface area contributed by atoms with E-state index >= 15 is 0 Å². The average Bonchev–Trinajstić information content (AvgIpc) is 2.23.